The summed E-state index contributed by atoms with van der Waals surface area (Å²) < 4.78 is 17.6. The normalized spacial score (nSPS) is 12.5. The lowest BCUT2D eigenvalue weighted by Crippen LogP contribution is -2.31. The molecular weight excluding hydrogens is 261 g/mol. The van der Waals surface area contributed by atoms with Crippen molar-refractivity contribution in [3.8, 4) is 0 Å². The molecule has 1 atom stereocenters. The molecule has 1 aromatic carbocycles. The van der Waals surface area contributed by atoms with Crippen LogP contribution in [0.3, 0.4) is 0 Å². The minimum absolute atomic E-state index is 0.268. The van der Waals surface area contributed by atoms with Crippen LogP contribution >= 0.6 is 0 Å². The van der Waals surface area contributed by atoms with Crippen molar-refractivity contribution in [2.24, 2.45) is 0 Å². The first-order chi connectivity index (χ1) is 9.47. The number of hydrogen-bond donors (Lipinski definition) is 1. The molecule has 112 valence electrons. The number of aliphatic hydroxyl groups is 1. The van der Waals surface area contributed by atoms with Crippen LogP contribution in [0.15, 0.2) is 18.2 Å². The summed E-state index contributed by atoms with van der Waals surface area (Å²) in [7, 11) is 1.36. The number of rotatable bonds is 7. The number of nitrogens with zero attached hydrogens (tertiary/aromatic N) is 1. The van der Waals surface area contributed by atoms with E-state index < -0.39 is 6.10 Å². The number of likely N-dealkylation sites (N-methyl/N-ethyl adjacent to an activating group) is 1. The molecule has 0 amide bonds. The molecule has 1 N–H and O–H groups in total. The summed E-state index contributed by atoms with van der Waals surface area (Å²) in [6.07, 6.45) is -0.410. The third kappa shape index (κ3) is 4.90. The second-order valence-corrected chi connectivity index (χ2v) is 4.74. The Morgan fingerprint density at radius 3 is 2.75 bits per heavy atom. The number of benzene rings is 1. The lowest BCUT2D eigenvalue weighted by molar-refractivity contribution is -0.141. The first-order valence-electron chi connectivity index (χ1n) is 6.71. The molecule has 0 aromatic heterocycles. The van der Waals surface area contributed by atoms with Gasteiger partial charge in [0, 0.05) is 13.1 Å². The second-order valence-electron chi connectivity index (χ2n) is 4.74. The van der Waals surface area contributed by atoms with Crippen LogP contribution in [0.25, 0.3) is 0 Å². The summed E-state index contributed by atoms with van der Waals surface area (Å²) in [5.41, 5.74) is 1.43. The predicted octanol–water partition coefficient (Wildman–Crippen LogP) is 2.05. The zero-order valence-electron chi connectivity index (χ0n) is 12.2. The molecule has 0 bridgehead atoms. The van der Waals surface area contributed by atoms with Crippen molar-refractivity contribution in [1.29, 1.82) is 0 Å². The fraction of sp³-hybridized carbons (Fsp3) is 0.533. The quantitative estimate of drug-likeness (QED) is 0.778. The molecule has 0 saturated heterocycles. The Hall–Kier alpha value is -1.46. The van der Waals surface area contributed by atoms with Crippen molar-refractivity contribution in [2.45, 2.75) is 26.4 Å². The highest BCUT2D eigenvalue weighted by Crippen LogP contribution is 2.19. The molecule has 1 aromatic rings. The molecule has 1 unspecified atom stereocenters. The number of esters is 1. The number of hydrogen-bond acceptors (Lipinski definition) is 4. The smallest absolute Gasteiger partial charge is 0.306 e. The molecule has 5 heteroatoms. The monoisotopic (exact) mass is 283 g/mol. The Bertz CT molecular complexity index is 451. The topological polar surface area (TPSA) is 49.8 Å². The van der Waals surface area contributed by atoms with Crippen LogP contribution < -0.4 is 0 Å². The van der Waals surface area contributed by atoms with Crippen molar-refractivity contribution in [3.63, 3.8) is 0 Å². The molecule has 0 aliphatic rings. The van der Waals surface area contributed by atoms with Crippen molar-refractivity contribution in [2.75, 3.05) is 26.7 Å². The van der Waals surface area contributed by atoms with E-state index in [0.717, 1.165) is 5.56 Å². The Kier molecular flexibility index (Phi) is 6.61. The Morgan fingerprint density at radius 2 is 2.20 bits per heavy atom. The molecule has 0 radical (unpaired) electrons. The van der Waals surface area contributed by atoms with Gasteiger partial charge in [0.05, 0.1) is 19.6 Å². The van der Waals surface area contributed by atoms with Crippen molar-refractivity contribution in [1.82, 2.24) is 4.90 Å². The van der Waals surface area contributed by atoms with E-state index in [1.54, 1.807) is 13.0 Å². The lowest BCUT2D eigenvalue weighted by Gasteiger charge is -2.24. The molecule has 0 aliphatic carbocycles. The van der Waals surface area contributed by atoms with Gasteiger partial charge in [0.15, 0.2) is 0 Å². The molecule has 0 fully saturated rings. The number of methoxy groups -OCH3 is 1. The lowest BCUT2D eigenvalue weighted by atomic mass is 10.0. The van der Waals surface area contributed by atoms with Gasteiger partial charge in [-0.2, -0.15) is 0 Å². The fourth-order valence-corrected chi connectivity index (χ4v) is 2.09. The van der Waals surface area contributed by atoms with Crippen molar-refractivity contribution >= 4 is 5.97 Å². The number of carbonyl (C=O) groups excluding carboxylic acids is 1. The highest BCUT2D eigenvalue weighted by molar-refractivity contribution is 5.69. The van der Waals surface area contributed by atoms with Gasteiger partial charge in [-0.1, -0.05) is 13.0 Å². The third-order valence-corrected chi connectivity index (χ3v) is 3.33. The SMILES string of the molecule is CCN(CCC(=O)OC)CC(O)c1ccc(F)cc1C. The van der Waals surface area contributed by atoms with E-state index in [2.05, 4.69) is 4.74 Å². The molecule has 0 spiro atoms. The van der Waals surface area contributed by atoms with Gasteiger partial charge in [0.1, 0.15) is 5.82 Å². The van der Waals surface area contributed by atoms with E-state index in [9.17, 15) is 14.3 Å². The molecule has 0 heterocycles. The van der Waals surface area contributed by atoms with Gasteiger partial charge in [-0.3, -0.25) is 4.79 Å². The van der Waals surface area contributed by atoms with Crippen molar-refractivity contribution < 1.29 is 19.0 Å². The minimum Gasteiger partial charge on any atom is -0.469 e. The molecule has 4 nitrogen and oxygen atoms in total. The van der Waals surface area contributed by atoms with Gasteiger partial charge in [0.25, 0.3) is 0 Å². The summed E-state index contributed by atoms with van der Waals surface area (Å²) in [6.45, 7) is 5.38. The van der Waals surface area contributed by atoms with Crippen LogP contribution in [0.5, 0.6) is 0 Å². The maximum absolute atomic E-state index is 13.0. The summed E-state index contributed by atoms with van der Waals surface area (Å²) in [6, 6.07) is 4.35. The van der Waals surface area contributed by atoms with Crippen LogP contribution in [0, 0.1) is 12.7 Å². The average Bonchev–Trinajstić information content (AvgIpc) is 2.42. The van der Waals surface area contributed by atoms with Crippen LogP contribution in [-0.4, -0.2) is 42.7 Å². The van der Waals surface area contributed by atoms with Gasteiger partial charge < -0.3 is 14.7 Å². The number of aliphatic hydroxyl groups excluding tert-OH is 1. The Morgan fingerprint density at radius 1 is 1.50 bits per heavy atom. The first kappa shape index (κ1) is 16.6. The van der Waals surface area contributed by atoms with E-state index in [-0.39, 0.29) is 11.8 Å². The van der Waals surface area contributed by atoms with Gasteiger partial charge >= 0.3 is 5.97 Å². The summed E-state index contributed by atoms with van der Waals surface area (Å²) in [5, 5.41) is 10.2. The summed E-state index contributed by atoms with van der Waals surface area (Å²) >= 11 is 0. The second kappa shape index (κ2) is 7.97. The predicted molar refractivity (Wildman–Crippen MR) is 74.8 cm³/mol. The van der Waals surface area contributed by atoms with Crippen LogP contribution in [0.1, 0.15) is 30.6 Å². The van der Waals surface area contributed by atoms with E-state index in [0.29, 0.717) is 31.6 Å². The maximum Gasteiger partial charge on any atom is 0.306 e. The van der Waals surface area contributed by atoms with Gasteiger partial charge in [-0.05, 0) is 36.7 Å². The molecule has 0 aliphatic heterocycles. The highest BCUT2D eigenvalue weighted by atomic mass is 19.1. The van der Waals surface area contributed by atoms with Crippen molar-refractivity contribution in [3.05, 3.63) is 35.1 Å². The molecule has 0 saturated carbocycles. The van der Waals surface area contributed by atoms with Crippen LogP contribution in [0.4, 0.5) is 4.39 Å². The number of halogens is 1. The molecule has 1 rings (SSSR count). The fourth-order valence-electron chi connectivity index (χ4n) is 2.09. The first-order valence-corrected chi connectivity index (χ1v) is 6.71. The molecule has 20 heavy (non-hydrogen) atoms. The standard InChI is InChI=1S/C15H22FNO3/c1-4-17(8-7-15(19)20-3)10-14(18)13-6-5-12(16)9-11(13)2/h5-6,9,14,18H,4,7-8,10H2,1-3H3. The summed E-state index contributed by atoms with van der Waals surface area (Å²) in [4.78, 5) is 13.1. The third-order valence-electron chi connectivity index (χ3n) is 3.33. The summed E-state index contributed by atoms with van der Waals surface area (Å²) in [5.74, 6) is -0.576. The Balaban J connectivity index is 2.62. The largest absolute Gasteiger partial charge is 0.469 e. The van der Waals surface area contributed by atoms with Gasteiger partial charge in [-0.15, -0.1) is 0 Å². The Labute approximate surface area is 119 Å². The zero-order chi connectivity index (χ0) is 15.1. The minimum atomic E-state index is -0.701. The van der Waals surface area contributed by atoms with Crippen LogP contribution in [0.2, 0.25) is 0 Å². The van der Waals surface area contributed by atoms with E-state index in [4.69, 9.17) is 0 Å². The molecular formula is C15H22FNO3. The average molecular weight is 283 g/mol. The van der Waals surface area contributed by atoms with E-state index >= 15 is 0 Å². The van der Waals surface area contributed by atoms with E-state index in [1.807, 2.05) is 11.8 Å². The van der Waals surface area contributed by atoms with E-state index in [1.165, 1.54) is 19.2 Å². The highest BCUT2D eigenvalue weighted by Gasteiger charge is 2.15. The number of ether oxygens (including phenoxy) is 1. The maximum atomic E-state index is 13.0. The number of carbonyl (C=O) groups is 1. The van der Waals surface area contributed by atoms with Gasteiger partial charge in [-0.25, -0.2) is 4.39 Å². The zero-order valence-corrected chi connectivity index (χ0v) is 12.2. The van der Waals surface area contributed by atoms with Gasteiger partial charge in [0.2, 0.25) is 0 Å². The van der Waals surface area contributed by atoms with Crippen LogP contribution in [-0.2, 0) is 9.53 Å². The number of aryl methyl sites for hydroxylation is 1.